The third kappa shape index (κ3) is 3.51. The summed E-state index contributed by atoms with van der Waals surface area (Å²) in [6, 6.07) is 4.06. The van der Waals surface area contributed by atoms with E-state index in [0.717, 1.165) is 0 Å². The second kappa shape index (κ2) is 6.74. The molecule has 1 amide bonds. The zero-order chi connectivity index (χ0) is 17.5. The Bertz CT molecular complexity index is 815. The molecule has 24 heavy (non-hydrogen) atoms. The summed E-state index contributed by atoms with van der Waals surface area (Å²) in [6.45, 7) is -0.186. The standard InChI is InChI=1S/C14H14BrFN2O4S2/c1-22-5-13(19)17-14-18(10-3-2-8(15)4-9(10)16)11-6-24(20,21)7-12(11)23-14/h2-4,11-12H,5-7H2,1H3. The van der Waals surface area contributed by atoms with Crippen LogP contribution in [0.4, 0.5) is 10.1 Å². The number of hydrogen-bond acceptors (Lipinski definition) is 5. The number of hydrogen-bond donors (Lipinski definition) is 0. The zero-order valence-electron chi connectivity index (χ0n) is 12.6. The van der Waals surface area contributed by atoms with E-state index in [1.54, 1.807) is 12.1 Å². The number of sulfone groups is 1. The predicted molar refractivity (Wildman–Crippen MR) is 94.7 cm³/mol. The number of methoxy groups -OCH3 is 1. The van der Waals surface area contributed by atoms with E-state index in [9.17, 15) is 17.6 Å². The van der Waals surface area contributed by atoms with Gasteiger partial charge in [0.25, 0.3) is 5.91 Å². The number of carbonyl (C=O) groups is 1. The van der Waals surface area contributed by atoms with Crippen LogP contribution in [0.15, 0.2) is 27.7 Å². The van der Waals surface area contributed by atoms with Crippen molar-refractivity contribution in [3.05, 3.63) is 28.5 Å². The number of fused-ring (bicyclic) bond motifs is 1. The van der Waals surface area contributed by atoms with Crippen LogP contribution in [0, 0.1) is 5.82 Å². The summed E-state index contributed by atoms with van der Waals surface area (Å²) in [6.07, 6.45) is 0. The number of anilines is 1. The molecule has 0 bridgehead atoms. The lowest BCUT2D eigenvalue weighted by molar-refractivity contribution is -0.121. The second-order valence-corrected chi connectivity index (χ2v) is 9.76. The summed E-state index contributed by atoms with van der Waals surface area (Å²) in [4.78, 5) is 17.3. The molecule has 2 aliphatic rings. The van der Waals surface area contributed by atoms with Gasteiger partial charge in [0.2, 0.25) is 0 Å². The summed E-state index contributed by atoms with van der Waals surface area (Å²) in [5.74, 6) is -1.10. The fourth-order valence-corrected chi connectivity index (χ4v) is 7.04. The Morgan fingerprint density at radius 2 is 2.25 bits per heavy atom. The quantitative estimate of drug-likeness (QED) is 0.719. The highest BCUT2D eigenvalue weighted by molar-refractivity contribution is 9.10. The number of halogens is 2. The van der Waals surface area contributed by atoms with E-state index in [0.29, 0.717) is 9.64 Å². The Labute approximate surface area is 151 Å². The molecular weight excluding hydrogens is 423 g/mol. The fourth-order valence-electron chi connectivity index (χ4n) is 2.79. The van der Waals surface area contributed by atoms with Gasteiger partial charge in [-0.25, -0.2) is 12.8 Å². The van der Waals surface area contributed by atoms with Gasteiger partial charge in [-0.2, -0.15) is 4.99 Å². The molecule has 2 fully saturated rings. The summed E-state index contributed by atoms with van der Waals surface area (Å²) >= 11 is 4.39. The number of carbonyl (C=O) groups excluding carboxylic acids is 1. The minimum atomic E-state index is -3.19. The smallest absolute Gasteiger partial charge is 0.274 e. The van der Waals surface area contributed by atoms with Crippen LogP contribution in [0.3, 0.4) is 0 Å². The maximum atomic E-state index is 14.4. The molecule has 0 N–H and O–H groups in total. The summed E-state index contributed by atoms with van der Waals surface area (Å²) in [5.41, 5.74) is 0.208. The molecule has 0 saturated carbocycles. The van der Waals surface area contributed by atoms with Gasteiger partial charge >= 0.3 is 0 Å². The SMILES string of the molecule is COCC(=O)N=C1SC2CS(=O)(=O)CC2N1c1ccc(Br)cc1F. The highest BCUT2D eigenvalue weighted by Crippen LogP contribution is 2.42. The summed E-state index contributed by atoms with van der Waals surface area (Å²) in [7, 11) is -1.81. The molecule has 2 saturated heterocycles. The average Bonchev–Trinajstić information content (AvgIpc) is 2.91. The van der Waals surface area contributed by atoms with Crippen LogP contribution >= 0.6 is 27.7 Å². The van der Waals surface area contributed by atoms with Gasteiger partial charge in [-0.3, -0.25) is 4.79 Å². The summed E-state index contributed by atoms with van der Waals surface area (Å²) < 4.78 is 43.6. The van der Waals surface area contributed by atoms with E-state index in [2.05, 4.69) is 20.9 Å². The highest BCUT2D eigenvalue weighted by atomic mass is 79.9. The average molecular weight is 437 g/mol. The molecule has 2 atom stereocenters. The first-order chi connectivity index (χ1) is 11.3. The zero-order valence-corrected chi connectivity index (χ0v) is 15.8. The van der Waals surface area contributed by atoms with Gasteiger partial charge in [0.05, 0.1) is 23.2 Å². The normalized spacial score (nSPS) is 26.8. The van der Waals surface area contributed by atoms with E-state index in [1.165, 1.54) is 29.8 Å². The van der Waals surface area contributed by atoms with Crippen molar-refractivity contribution in [3.63, 3.8) is 0 Å². The molecule has 1 aromatic rings. The van der Waals surface area contributed by atoms with Crippen molar-refractivity contribution in [3.8, 4) is 0 Å². The fraction of sp³-hybridized carbons (Fsp3) is 0.429. The van der Waals surface area contributed by atoms with Gasteiger partial charge in [-0.1, -0.05) is 27.7 Å². The van der Waals surface area contributed by atoms with Crippen LogP contribution in [0.5, 0.6) is 0 Å². The lowest BCUT2D eigenvalue weighted by Gasteiger charge is -2.25. The predicted octanol–water partition coefficient (Wildman–Crippen LogP) is 1.84. The number of amidine groups is 1. The number of aliphatic imine (C=N–C) groups is 1. The molecule has 6 nitrogen and oxygen atoms in total. The van der Waals surface area contributed by atoms with Gasteiger partial charge in [0.1, 0.15) is 12.4 Å². The Hall–Kier alpha value is -0.970. The van der Waals surface area contributed by atoms with Crippen LogP contribution in [-0.2, 0) is 19.4 Å². The van der Waals surface area contributed by atoms with E-state index >= 15 is 0 Å². The van der Waals surface area contributed by atoms with Crippen molar-refractivity contribution in [2.24, 2.45) is 4.99 Å². The molecule has 2 aliphatic heterocycles. The van der Waals surface area contributed by atoms with Crippen LogP contribution in [-0.4, -0.2) is 56.0 Å². The van der Waals surface area contributed by atoms with Crippen molar-refractivity contribution in [2.45, 2.75) is 11.3 Å². The Kier molecular flexibility index (Phi) is 5.01. The topological polar surface area (TPSA) is 76.0 Å². The highest BCUT2D eigenvalue weighted by Gasteiger charge is 2.49. The maximum absolute atomic E-state index is 14.4. The lowest BCUT2D eigenvalue weighted by Crippen LogP contribution is -2.38. The number of thioether (sulfide) groups is 1. The van der Waals surface area contributed by atoms with Gasteiger partial charge < -0.3 is 9.64 Å². The molecule has 0 aliphatic carbocycles. The van der Waals surface area contributed by atoms with Crippen molar-refractivity contribution < 1.29 is 22.3 Å². The number of ether oxygens (including phenoxy) is 1. The van der Waals surface area contributed by atoms with Crippen molar-refractivity contribution in [1.29, 1.82) is 0 Å². The number of amides is 1. The van der Waals surface area contributed by atoms with E-state index in [-0.39, 0.29) is 29.0 Å². The maximum Gasteiger partial charge on any atom is 0.274 e. The van der Waals surface area contributed by atoms with E-state index < -0.39 is 27.6 Å². The van der Waals surface area contributed by atoms with Gasteiger partial charge in [0, 0.05) is 16.8 Å². The van der Waals surface area contributed by atoms with E-state index in [1.807, 2.05) is 0 Å². The molecule has 2 unspecified atom stereocenters. The molecule has 130 valence electrons. The largest absolute Gasteiger partial charge is 0.375 e. The lowest BCUT2D eigenvalue weighted by atomic mass is 10.2. The number of rotatable bonds is 3. The Morgan fingerprint density at radius 1 is 1.50 bits per heavy atom. The van der Waals surface area contributed by atoms with E-state index in [4.69, 9.17) is 4.74 Å². The Morgan fingerprint density at radius 3 is 2.92 bits per heavy atom. The minimum absolute atomic E-state index is 0.00549. The number of benzene rings is 1. The molecule has 0 spiro atoms. The molecular formula is C14H14BrFN2O4S2. The van der Waals surface area contributed by atoms with Crippen LogP contribution < -0.4 is 4.90 Å². The molecule has 0 aromatic heterocycles. The van der Waals surface area contributed by atoms with Crippen molar-refractivity contribution >= 4 is 54.3 Å². The van der Waals surface area contributed by atoms with Crippen LogP contribution in [0.1, 0.15) is 0 Å². The van der Waals surface area contributed by atoms with Crippen molar-refractivity contribution in [2.75, 3.05) is 30.1 Å². The summed E-state index contributed by atoms with van der Waals surface area (Å²) in [5, 5.41) is 0.0373. The third-order valence-corrected chi connectivity index (χ3v) is 7.43. The van der Waals surface area contributed by atoms with Crippen LogP contribution in [0.2, 0.25) is 0 Å². The monoisotopic (exact) mass is 436 g/mol. The first kappa shape index (κ1) is 17.8. The van der Waals surface area contributed by atoms with Gasteiger partial charge in [0.15, 0.2) is 15.0 Å². The molecule has 1 aromatic carbocycles. The first-order valence-electron chi connectivity index (χ1n) is 7.02. The number of nitrogens with zero attached hydrogens (tertiary/aromatic N) is 2. The molecule has 2 heterocycles. The van der Waals surface area contributed by atoms with Crippen molar-refractivity contribution in [1.82, 2.24) is 0 Å². The van der Waals surface area contributed by atoms with Crippen LogP contribution in [0.25, 0.3) is 0 Å². The third-order valence-electron chi connectivity index (χ3n) is 3.72. The molecule has 10 heteroatoms. The van der Waals surface area contributed by atoms with Gasteiger partial charge in [-0.15, -0.1) is 0 Å². The second-order valence-electron chi connectivity index (χ2n) is 5.49. The minimum Gasteiger partial charge on any atom is -0.375 e. The molecule has 0 radical (unpaired) electrons. The molecule has 3 rings (SSSR count). The van der Waals surface area contributed by atoms with Gasteiger partial charge in [-0.05, 0) is 18.2 Å². The first-order valence-corrected chi connectivity index (χ1v) is 10.5. The Balaban J connectivity index is 2.03.